The number of nitrogens with one attached hydrogen (secondary N) is 2. The maximum absolute atomic E-state index is 12.2. The predicted octanol–water partition coefficient (Wildman–Crippen LogP) is 5.88. The van der Waals surface area contributed by atoms with Gasteiger partial charge in [0, 0.05) is 25.4 Å². The van der Waals surface area contributed by atoms with Crippen molar-refractivity contribution >= 4 is 74.2 Å². The van der Waals surface area contributed by atoms with Gasteiger partial charge in [-0.25, -0.2) is 4.98 Å². The van der Waals surface area contributed by atoms with Gasteiger partial charge in [0.1, 0.15) is 5.52 Å². The van der Waals surface area contributed by atoms with Crippen LogP contribution < -0.4 is 10.6 Å². The fourth-order valence-corrected chi connectivity index (χ4v) is 3.57. The number of thiocarbonyl (C=S) groups is 1. The summed E-state index contributed by atoms with van der Waals surface area (Å²) >= 11 is 13.3. The molecule has 0 spiro atoms. The smallest absolute Gasteiger partial charge is 0.257 e. The zero-order valence-electron chi connectivity index (χ0n) is 14.8. The van der Waals surface area contributed by atoms with Gasteiger partial charge in [-0.2, -0.15) is 0 Å². The minimum Gasteiger partial charge on any atom is -0.436 e. The maximum Gasteiger partial charge on any atom is 0.257 e. The number of halogens is 2. The van der Waals surface area contributed by atoms with Crippen LogP contribution in [-0.2, 0) is 0 Å². The summed E-state index contributed by atoms with van der Waals surface area (Å²) in [6.07, 6.45) is 0. The van der Waals surface area contributed by atoms with Gasteiger partial charge in [0.05, 0.1) is 0 Å². The third-order valence-corrected chi connectivity index (χ3v) is 5.18. The Labute approximate surface area is 190 Å². The summed E-state index contributed by atoms with van der Waals surface area (Å²) in [7, 11) is 0. The number of benzene rings is 3. The molecule has 4 rings (SSSR count). The largest absolute Gasteiger partial charge is 0.436 e. The summed E-state index contributed by atoms with van der Waals surface area (Å²) in [6.45, 7) is 0. The number of hydrogen-bond donors (Lipinski definition) is 2. The van der Waals surface area contributed by atoms with Crippen LogP contribution in [0.25, 0.3) is 22.6 Å². The predicted molar refractivity (Wildman–Crippen MR) is 127 cm³/mol. The Morgan fingerprint density at radius 2 is 1.86 bits per heavy atom. The van der Waals surface area contributed by atoms with Crippen LogP contribution in [0.15, 0.2) is 71.1 Å². The molecule has 5 nitrogen and oxygen atoms in total. The molecule has 0 fully saturated rings. The first-order chi connectivity index (χ1) is 14.0. The Morgan fingerprint density at radius 1 is 1.07 bits per heavy atom. The van der Waals surface area contributed by atoms with Crippen LogP contribution >= 0.6 is 46.4 Å². The standard InChI is InChI=1S/C21H13ClIN3O2S/c22-14-6-4-12(5-7-14)19(27)26-21(29)24-16-8-9-18-17(11-16)25-20(28-18)13-2-1-3-15(23)10-13/h1-11H,(H2,24,26,27,29). The van der Waals surface area contributed by atoms with Crippen molar-refractivity contribution in [3.05, 3.63) is 80.9 Å². The molecule has 0 radical (unpaired) electrons. The van der Waals surface area contributed by atoms with Gasteiger partial charge in [-0.05, 0) is 95.5 Å². The van der Waals surface area contributed by atoms with Crippen molar-refractivity contribution in [1.29, 1.82) is 0 Å². The Balaban J connectivity index is 1.48. The summed E-state index contributed by atoms with van der Waals surface area (Å²) in [5.41, 5.74) is 3.43. The number of fused-ring (bicyclic) bond motifs is 1. The minimum atomic E-state index is -0.317. The fraction of sp³-hybridized carbons (Fsp3) is 0. The number of rotatable bonds is 3. The number of hydrogen-bond acceptors (Lipinski definition) is 4. The lowest BCUT2D eigenvalue weighted by molar-refractivity contribution is 0.0977. The fourth-order valence-electron chi connectivity index (χ4n) is 2.69. The van der Waals surface area contributed by atoms with Crippen LogP contribution in [0.2, 0.25) is 5.02 Å². The van der Waals surface area contributed by atoms with Crippen molar-refractivity contribution in [2.45, 2.75) is 0 Å². The zero-order chi connectivity index (χ0) is 20.4. The first-order valence-corrected chi connectivity index (χ1v) is 10.4. The summed E-state index contributed by atoms with van der Waals surface area (Å²) in [4.78, 5) is 16.8. The normalized spacial score (nSPS) is 10.7. The molecule has 3 aromatic carbocycles. The van der Waals surface area contributed by atoms with Gasteiger partial charge in [-0.1, -0.05) is 17.7 Å². The number of anilines is 1. The summed E-state index contributed by atoms with van der Waals surface area (Å²) < 4.78 is 6.95. The molecule has 0 aliphatic heterocycles. The highest BCUT2D eigenvalue weighted by Crippen LogP contribution is 2.27. The van der Waals surface area contributed by atoms with Crippen LogP contribution in [0.5, 0.6) is 0 Å². The van der Waals surface area contributed by atoms with Crippen LogP contribution in [0.3, 0.4) is 0 Å². The molecular formula is C21H13ClIN3O2S. The molecule has 0 unspecified atom stereocenters. The van der Waals surface area contributed by atoms with E-state index in [0.29, 0.717) is 33.3 Å². The van der Waals surface area contributed by atoms with Crippen molar-refractivity contribution in [1.82, 2.24) is 10.3 Å². The maximum atomic E-state index is 12.2. The van der Waals surface area contributed by atoms with Crippen LogP contribution in [0, 0.1) is 3.57 Å². The number of aromatic nitrogens is 1. The van der Waals surface area contributed by atoms with Crippen LogP contribution in [0.4, 0.5) is 5.69 Å². The molecule has 4 aromatic rings. The van der Waals surface area contributed by atoms with Gasteiger partial charge in [0.25, 0.3) is 5.91 Å². The summed E-state index contributed by atoms with van der Waals surface area (Å²) in [5, 5.41) is 6.39. The van der Waals surface area contributed by atoms with E-state index in [1.807, 2.05) is 42.5 Å². The van der Waals surface area contributed by atoms with Gasteiger partial charge < -0.3 is 9.73 Å². The second-order valence-electron chi connectivity index (χ2n) is 6.13. The Bertz CT molecular complexity index is 1220. The first-order valence-electron chi connectivity index (χ1n) is 8.52. The van der Waals surface area contributed by atoms with Crippen molar-refractivity contribution in [3.63, 3.8) is 0 Å². The van der Waals surface area contributed by atoms with E-state index in [4.69, 9.17) is 28.2 Å². The van der Waals surface area contributed by atoms with Gasteiger partial charge in [0.15, 0.2) is 10.7 Å². The van der Waals surface area contributed by atoms with E-state index >= 15 is 0 Å². The topological polar surface area (TPSA) is 67.2 Å². The second-order valence-corrected chi connectivity index (χ2v) is 8.22. The van der Waals surface area contributed by atoms with E-state index in [0.717, 1.165) is 9.13 Å². The van der Waals surface area contributed by atoms with Crippen molar-refractivity contribution in [2.75, 3.05) is 5.32 Å². The van der Waals surface area contributed by atoms with Crippen molar-refractivity contribution < 1.29 is 9.21 Å². The molecule has 0 atom stereocenters. The number of amides is 1. The molecule has 1 amide bonds. The molecule has 0 saturated heterocycles. The second kappa shape index (κ2) is 8.48. The quantitative estimate of drug-likeness (QED) is 0.254. The lowest BCUT2D eigenvalue weighted by Crippen LogP contribution is -2.34. The monoisotopic (exact) mass is 533 g/mol. The highest BCUT2D eigenvalue weighted by Gasteiger charge is 2.11. The van der Waals surface area contributed by atoms with Crippen molar-refractivity contribution in [3.8, 4) is 11.5 Å². The van der Waals surface area contributed by atoms with E-state index in [1.54, 1.807) is 24.3 Å². The molecule has 29 heavy (non-hydrogen) atoms. The average Bonchev–Trinajstić information content (AvgIpc) is 3.12. The van der Waals surface area contributed by atoms with Gasteiger partial charge in [-0.15, -0.1) is 0 Å². The van der Waals surface area contributed by atoms with Crippen molar-refractivity contribution in [2.24, 2.45) is 0 Å². The first kappa shape index (κ1) is 19.8. The Morgan fingerprint density at radius 3 is 2.62 bits per heavy atom. The molecule has 1 aromatic heterocycles. The Kier molecular flexibility index (Phi) is 5.79. The van der Waals surface area contributed by atoms with E-state index in [2.05, 4.69) is 38.2 Å². The van der Waals surface area contributed by atoms with Gasteiger partial charge in [0.2, 0.25) is 5.89 Å². The summed E-state index contributed by atoms with van der Waals surface area (Å²) in [5.74, 6) is 0.233. The van der Waals surface area contributed by atoms with Gasteiger partial charge in [-0.3, -0.25) is 10.1 Å². The molecule has 8 heteroatoms. The molecule has 1 heterocycles. The lowest BCUT2D eigenvalue weighted by atomic mass is 10.2. The molecule has 2 N–H and O–H groups in total. The highest BCUT2D eigenvalue weighted by atomic mass is 127. The van der Waals surface area contributed by atoms with E-state index in [-0.39, 0.29) is 11.0 Å². The highest BCUT2D eigenvalue weighted by molar-refractivity contribution is 14.1. The van der Waals surface area contributed by atoms with Crippen LogP contribution in [-0.4, -0.2) is 16.0 Å². The number of carbonyl (C=O) groups excluding carboxylic acids is 1. The molecule has 0 aliphatic rings. The molecule has 0 aliphatic carbocycles. The number of carbonyl (C=O) groups is 1. The Hall–Kier alpha value is -2.49. The van der Waals surface area contributed by atoms with E-state index in [9.17, 15) is 4.79 Å². The number of nitrogens with zero attached hydrogens (tertiary/aromatic N) is 1. The zero-order valence-corrected chi connectivity index (χ0v) is 18.5. The lowest BCUT2D eigenvalue weighted by Gasteiger charge is -2.09. The van der Waals surface area contributed by atoms with Gasteiger partial charge >= 0.3 is 0 Å². The average molecular weight is 534 g/mol. The molecule has 0 bridgehead atoms. The SMILES string of the molecule is O=C(NC(=S)Nc1ccc2oc(-c3cccc(I)c3)nc2c1)c1ccc(Cl)cc1. The molecule has 0 saturated carbocycles. The summed E-state index contributed by atoms with van der Waals surface area (Å²) in [6, 6.07) is 19.9. The van der Waals surface area contributed by atoms with Crippen LogP contribution in [0.1, 0.15) is 10.4 Å². The van der Waals surface area contributed by atoms with E-state index < -0.39 is 0 Å². The third-order valence-electron chi connectivity index (χ3n) is 4.05. The third kappa shape index (κ3) is 4.75. The van der Waals surface area contributed by atoms with E-state index in [1.165, 1.54) is 0 Å². The number of oxazole rings is 1. The molecular weight excluding hydrogens is 521 g/mol. The minimum absolute atomic E-state index is 0.186. The molecule has 144 valence electrons.